The van der Waals surface area contributed by atoms with E-state index in [4.69, 9.17) is 4.74 Å². The van der Waals surface area contributed by atoms with Crippen LogP contribution in [0.2, 0.25) is 0 Å². The van der Waals surface area contributed by atoms with E-state index < -0.39 is 5.60 Å². The first-order valence-electron chi connectivity index (χ1n) is 7.00. The highest BCUT2D eigenvalue weighted by Gasteiger charge is 2.23. The summed E-state index contributed by atoms with van der Waals surface area (Å²) in [7, 11) is 1.62. The largest absolute Gasteiger partial charge is 0.496 e. The van der Waals surface area contributed by atoms with Gasteiger partial charge in [-0.3, -0.25) is 0 Å². The number of halogens is 1. The number of hydrogen-bond donors (Lipinski definition) is 1. The molecule has 1 N–H and O–H groups in total. The van der Waals surface area contributed by atoms with Crippen molar-refractivity contribution in [3.63, 3.8) is 0 Å². The summed E-state index contributed by atoms with van der Waals surface area (Å²) in [6, 6.07) is 12.2. The molecule has 0 aliphatic heterocycles. The van der Waals surface area contributed by atoms with Crippen molar-refractivity contribution in [1.29, 1.82) is 0 Å². The van der Waals surface area contributed by atoms with E-state index in [1.165, 1.54) is 12.1 Å². The third-order valence-electron chi connectivity index (χ3n) is 3.48. The van der Waals surface area contributed by atoms with Crippen LogP contribution in [0.15, 0.2) is 42.5 Å². The summed E-state index contributed by atoms with van der Waals surface area (Å²) in [4.78, 5) is 0. The maximum Gasteiger partial charge on any atom is 0.123 e. The quantitative estimate of drug-likeness (QED) is 0.909. The first kappa shape index (κ1) is 15.5. The average molecular weight is 288 g/mol. The molecular weight excluding hydrogens is 267 g/mol. The Kier molecular flexibility index (Phi) is 4.63. The molecule has 112 valence electrons. The van der Waals surface area contributed by atoms with Gasteiger partial charge in [-0.25, -0.2) is 4.39 Å². The number of aliphatic hydroxyl groups is 1. The lowest BCUT2D eigenvalue weighted by molar-refractivity contribution is 0.0601. The molecule has 0 aliphatic carbocycles. The molecule has 2 nitrogen and oxygen atoms in total. The highest BCUT2D eigenvalue weighted by molar-refractivity contribution is 5.38. The Morgan fingerprint density at radius 3 is 2.57 bits per heavy atom. The molecule has 3 heteroatoms. The second kappa shape index (κ2) is 6.27. The predicted molar refractivity (Wildman–Crippen MR) is 82.2 cm³/mol. The van der Waals surface area contributed by atoms with E-state index in [0.29, 0.717) is 12.8 Å². The number of hydrogen-bond acceptors (Lipinski definition) is 2. The van der Waals surface area contributed by atoms with Crippen LogP contribution in [-0.4, -0.2) is 17.8 Å². The van der Waals surface area contributed by atoms with Crippen molar-refractivity contribution in [2.45, 2.75) is 32.3 Å². The molecule has 0 saturated heterocycles. The smallest absolute Gasteiger partial charge is 0.123 e. The third-order valence-corrected chi connectivity index (χ3v) is 3.48. The van der Waals surface area contributed by atoms with E-state index in [9.17, 15) is 9.50 Å². The predicted octanol–water partition coefficient (Wildman–Crippen LogP) is 3.68. The Labute approximate surface area is 125 Å². The van der Waals surface area contributed by atoms with Crippen molar-refractivity contribution in [3.05, 3.63) is 65.0 Å². The maximum absolute atomic E-state index is 13.2. The van der Waals surface area contributed by atoms with Crippen LogP contribution in [0.5, 0.6) is 5.75 Å². The van der Waals surface area contributed by atoms with E-state index in [2.05, 4.69) is 0 Å². The molecule has 0 fully saturated rings. The summed E-state index contributed by atoms with van der Waals surface area (Å²) in [6.07, 6.45) is 0.843. The van der Waals surface area contributed by atoms with Crippen LogP contribution in [0.1, 0.15) is 23.6 Å². The van der Waals surface area contributed by atoms with Crippen LogP contribution < -0.4 is 4.74 Å². The van der Waals surface area contributed by atoms with Crippen LogP contribution in [0, 0.1) is 12.7 Å². The molecule has 0 spiro atoms. The van der Waals surface area contributed by atoms with Crippen LogP contribution >= 0.6 is 0 Å². The molecule has 0 aliphatic rings. The second-order valence-electron chi connectivity index (χ2n) is 5.80. The first-order chi connectivity index (χ1) is 9.89. The minimum Gasteiger partial charge on any atom is -0.496 e. The van der Waals surface area contributed by atoms with Gasteiger partial charge >= 0.3 is 0 Å². The van der Waals surface area contributed by atoms with Gasteiger partial charge in [-0.05, 0) is 43.2 Å². The highest BCUT2D eigenvalue weighted by atomic mass is 19.1. The summed E-state index contributed by atoms with van der Waals surface area (Å²) in [5, 5.41) is 10.6. The molecule has 0 aromatic heterocycles. The highest BCUT2D eigenvalue weighted by Crippen LogP contribution is 2.26. The molecule has 2 rings (SSSR count). The summed E-state index contributed by atoms with van der Waals surface area (Å²) in [6.45, 7) is 3.77. The van der Waals surface area contributed by atoms with Gasteiger partial charge in [0.1, 0.15) is 11.6 Å². The fraction of sp³-hybridized carbons (Fsp3) is 0.333. The van der Waals surface area contributed by atoms with Crippen LogP contribution in [-0.2, 0) is 12.8 Å². The number of aryl methyl sites for hydroxylation is 1. The van der Waals surface area contributed by atoms with Gasteiger partial charge in [-0.2, -0.15) is 0 Å². The molecule has 0 amide bonds. The average Bonchev–Trinajstić information content (AvgIpc) is 2.37. The summed E-state index contributed by atoms with van der Waals surface area (Å²) >= 11 is 0. The SMILES string of the molecule is COc1ccc(C)cc1CC(C)(O)Cc1cccc(F)c1. The van der Waals surface area contributed by atoms with Crippen molar-refractivity contribution in [2.24, 2.45) is 0 Å². The maximum atomic E-state index is 13.2. The topological polar surface area (TPSA) is 29.5 Å². The molecule has 0 radical (unpaired) electrons. The van der Waals surface area contributed by atoms with Crippen LogP contribution in [0.3, 0.4) is 0 Å². The van der Waals surface area contributed by atoms with Gasteiger partial charge in [-0.1, -0.05) is 29.8 Å². The van der Waals surface area contributed by atoms with Crippen molar-refractivity contribution in [3.8, 4) is 5.75 Å². The number of rotatable bonds is 5. The molecule has 2 aromatic rings. The van der Waals surface area contributed by atoms with Crippen molar-refractivity contribution < 1.29 is 14.2 Å². The number of methoxy groups -OCH3 is 1. The van der Waals surface area contributed by atoms with Gasteiger partial charge in [-0.15, -0.1) is 0 Å². The van der Waals surface area contributed by atoms with Crippen molar-refractivity contribution in [1.82, 2.24) is 0 Å². The minimum atomic E-state index is -0.963. The van der Waals surface area contributed by atoms with E-state index in [1.807, 2.05) is 31.2 Å². The van der Waals surface area contributed by atoms with Gasteiger partial charge in [0.2, 0.25) is 0 Å². The lowest BCUT2D eigenvalue weighted by Gasteiger charge is -2.25. The minimum absolute atomic E-state index is 0.281. The van der Waals surface area contributed by atoms with Gasteiger partial charge in [0.15, 0.2) is 0 Å². The molecular formula is C18H21FO2. The van der Waals surface area contributed by atoms with Gasteiger partial charge < -0.3 is 9.84 Å². The zero-order valence-electron chi connectivity index (χ0n) is 12.7. The normalized spacial score (nSPS) is 13.8. The van der Waals surface area contributed by atoms with E-state index >= 15 is 0 Å². The standard InChI is InChI=1S/C18H21FO2/c1-13-7-8-17(21-3)15(9-13)12-18(2,20)11-14-5-4-6-16(19)10-14/h4-10,20H,11-12H2,1-3H3. The van der Waals surface area contributed by atoms with Crippen molar-refractivity contribution in [2.75, 3.05) is 7.11 Å². The van der Waals surface area contributed by atoms with Crippen molar-refractivity contribution >= 4 is 0 Å². The fourth-order valence-electron chi connectivity index (χ4n) is 2.60. The Morgan fingerprint density at radius 1 is 1.14 bits per heavy atom. The summed E-state index contributed by atoms with van der Waals surface area (Å²) in [5.74, 6) is 0.483. The first-order valence-corrected chi connectivity index (χ1v) is 7.00. The molecule has 21 heavy (non-hydrogen) atoms. The zero-order chi connectivity index (χ0) is 15.5. The van der Waals surface area contributed by atoms with Crippen LogP contribution in [0.25, 0.3) is 0 Å². The molecule has 0 heterocycles. The van der Waals surface area contributed by atoms with E-state index in [-0.39, 0.29) is 5.82 Å². The Bertz CT molecular complexity index is 620. The van der Waals surface area contributed by atoms with Gasteiger partial charge in [0, 0.05) is 12.8 Å². The monoisotopic (exact) mass is 288 g/mol. The van der Waals surface area contributed by atoms with Crippen LogP contribution in [0.4, 0.5) is 4.39 Å². The molecule has 1 atom stereocenters. The lowest BCUT2D eigenvalue weighted by Crippen LogP contribution is -2.30. The number of benzene rings is 2. The number of ether oxygens (including phenoxy) is 1. The molecule has 0 saturated carbocycles. The Hall–Kier alpha value is -1.87. The molecule has 1 unspecified atom stereocenters. The second-order valence-corrected chi connectivity index (χ2v) is 5.80. The zero-order valence-corrected chi connectivity index (χ0v) is 12.7. The van der Waals surface area contributed by atoms with Gasteiger partial charge in [0.05, 0.1) is 12.7 Å². The summed E-state index contributed by atoms with van der Waals surface area (Å²) < 4.78 is 18.6. The fourth-order valence-corrected chi connectivity index (χ4v) is 2.60. The lowest BCUT2D eigenvalue weighted by atomic mass is 9.89. The van der Waals surface area contributed by atoms with E-state index in [1.54, 1.807) is 20.1 Å². The Balaban J connectivity index is 2.19. The molecule has 2 aromatic carbocycles. The Morgan fingerprint density at radius 2 is 1.90 bits per heavy atom. The van der Waals surface area contributed by atoms with E-state index in [0.717, 1.165) is 22.4 Å². The van der Waals surface area contributed by atoms with Gasteiger partial charge in [0.25, 0.3) is 0 Å². The molecule has 0 bridgehead atoms. The third kappa shape index (κ3) is 4.30. The summed E-state index contributed by atoms with van der Waals surface area (Å²) in [5.41, 5.74) is 1.90.